The molecule has 2 rings (SSSR count). The number of hydrogen-bond acceptors (Lipinski definition) is 4. The predicted octanol–water partition coefficient (Wildman–Crippen LogP) is 1.42. The van der Waals surface area contributed by atoms with Crippen LogP contribution >= 0.6 is 0 Å². The zero-order valence-electron chi connectivity index (χ0n) is 11.6. The first-order chi connectivity index (χ1) is 9.47. The summed E-state index contributed by atoms with van der Waals surface area (Å²) in [6.07, 6.45) is 1.81. The van der Waals surface area contributed by atoms with Crippen molar-refractivity contribution in [2.24, 2.45) is 5.92 Å². The molecule has 0 unspecified atom stereocenters. The summed E-state index contributed by atoms with van der Waals surface area (Å²) >= 11 is 0. The first-order valence-electron chi connectivity index (χ1n) is 6.78. The summed E-state index contributed by atoms with van der Waals surface area (Å²) in [4.78, 5) is 11.2. The fraction of sp³-hybridized carbons (Fsp3) is 0.500. The van der Waals surface area contributed by atoms with E-state index in [1.165, 1.54) is 6.92 Å². The lowest BCUT2D eigenvalue weighted by Crippen LogP contribution is -2.31. The van der Waals surface area contributed by atoms with E-state index in [0.29, 0.717) is 10.6 Å². The lowest BCUT2D eigenvalue weighted by Gasteiger charge is -2.22. The summed E-state index contributed by atoms with van der Waals surface area (Å²) in [5.41, 5.74) is 0.610. The van der Waals surface area contributed by atoms with Gasteiger partial charge in [-0.15, -0.1) is 0 Å². The van der Waals surface area contributed by atoms with Crippen LogP contribution in [0.15, 0.2) is 29.2 Å². The molecule has 0 bridgehead atoms. The number of carbonyl (C=O) groups excluding carboxylic acids is 1. The molecular formula is C14H20N2O3S. The van der Waals surface area contributed by atoms with Crippen molar-refractivity contribution in [1.82, 2.24) is 5.32 Å². The highest BCUT2D eigenvalue weighted by atomic mass is 32.2. The van der Waals surface area contributed by atoms with Gasteiger partial charge in [-0.3, -0.25) is 4.79 Å². The minimum atomic E-state index is -3.25. The fourth-order valence-corrected chi connectivity index (χ4v) is 4.10. The van der Waals surface area contributed by atoms with Crippen molar-refractivity contribution in [3.05, 3.63) is 24.3 Å². The zero-order valence-corrected chi connectivity index (χ0v) is 12.4. The van der Waals surface area contributed by atoms with Gasteiger partial charge in [-0.05, 0) is 56.1 Å². The largest absolute Gasteiger partial charge is 0.326 e. The number of rotatable bonds is 4. The highest BCUT2D eigenvalue weighted by molar-refractivity contribution is 7.91. The Morgan fingerprint density at radius 3 is 2.40 bits per heavy atom. The molecule has 0 atom stereocenters. The second kappa shape index (κ2) is 6.37. The van der Waals surface area contributed by atoms with Crippen molar-refractivity contribution in [3.8, 4) is 0 Å². The van der Waals surface area contributed by atoms with Crippen molar-refractivity contribution in [3.63, 3.8) is 0 Å². The number of nitrogens with one attached hydrogen (secondary N) is 2. The summed E-state index contributed by atoms with van der Waals surface area (Å²) in [7, 11) is -3.25. The standard InChI is InChI=1S/C14H20N2O3S/c1-11(17)16-13-2-4-14(5-3-13)20(18,19)10-12-6-8-15-9-7-12/h2-5,12,15H,6-10H2,1H3,(H,16,17). The molecule has 1 heterocycles. The lowest BCUT2D eigenvalue weighted by atomic mass is 10.0. The van der Waals surface area contributed by atoms with Gasteiger partial charge in [0.2, 0.25) is 5.91 Å². The number of carbonyl (C=O) groups is 1. The molecule has 0 aliphatic carbocycles. The number of amides is 1. The number of benzene rings is 1. The molecule has 6 heteroatoms. The molecular weight excluding hydrogens is 276 g/mol. The SMILES string of the molecule is CC(=O)Nc1ccc(S(=O)(=O)CC2CCNCC2)cc1. The van der Waals surface area contributed by atoms with Crippen LogP contribution in [-0.2, 0) is 14.6 Å². The topological polar surface area (TPSA) is 75.3 Å². The van der Waals surface area contributed by atoms with Gasteiger partial charge in [0.05, 0.1) is 10.6 Å². The molecule has 20 heavy (non-hydrogen) atoms. The zero-order chi connectivity index (χ0) is 14.6. The Morgan fingerprint density at radius 1 is 1.25 bits per heavy atom. The molecule has 110 valence electrons. The third-order valence-corrected chi connectivity index (χ3v) is 5.35. The van der Waals surface area contributed by atoms with Crippen molar-refractivity contribution < 1.29 is 13.2 Å². The Kier molecular flexibility index (Phi) is 4.77. The van der Waals surface area contributed by atoms with Gasteiger partial charge in [0.25, 0.3) is 0 Å². The number of sulfone groups is 1. The molecule has 1 saturated heterocycles. The van der Waals surface area contributed by atoms with E-state index in [2.05, 4.69) is 10.6 Å². The van der Waals surface area contributed by atoms with Gasteiger partial charge in [-0.1, -0.05) is 0 Å². The minimum absolute atomic E-state index is 0.171. The van der Waals surface area contributed by atoms with E-state index in [1.54, 1.807) is 24.3 Å². The van der Waals surface area contributed by atoms with Gasteiger partial charge in [0.15, 0.2) is 9.84 Å². The van der Waals surface area contributed by atoms with Gasteiger partial charge >= 0.3 is 0 Å². The monoisotopic (exact) mass is 296 g/mol. The summed E-state index contributed by atoms with van der Waals surface area (Å²) < 4.78 is 24.7. The molecule has 1 amide bonds. The first-order valence-corrected chi connectivity index (χ1v) is 8.44. The third-order valence-electron chi connectivity index (χ3n) is 3.45. The smallest absolute Gasteiger partial charge is 0.221 e. The average Bonchev–Trinajstić information content (AvgIpc) is 2.39. The number of anilines is 1. The molecule has 1 aromatic rings. The Morgan fingerprint density at radius 2 is 1.85 bits per heavy atom. The van der Waals surface area contributed by atoms with Crippen LogP contribution in [0.4, 0.5) is 5.69 Å². The Labute approximate surface area is 119 Å². The number of hydrogen-bond donors (Lipinski definition) is 2. The fourth-order valence-electron chi connectivity index (χ4n) is 2.40. The van der Waals surface area contributed by atoms with Gasteiger partial charge in [0.1, 0.15) is 0 Å². The van der Waals surface area contributed by atoms with Gasteiger partial charge < -0.3 is 10.6 Å². The highest BCUT2D eigenvalue weighted by Crippen LogP contribution is 2.21. The summed E-state index contributed by atoms with van der Waals surface area (Å²) in [6, 6.07) is 6.36. The maximum absolute atomic E-state index is 12.3. The summed E-state index contributed by atoms with van der Waals surface area (Å²) in [5.74, 6) is 0.264. The van der Waals surface area contributed by atoms with Crippen LogP contribution in [0.25, 0.3) is 0 Å². The minimum Gasteiger partial charge on any atom is -0.326 e. The normalized spacial score (nSPS) is 16.9. The van der Waals surface area contributed by atoms with E-state index in [0.717, 1.165) is 25.9 Å². The second-order valence-corrected chi connectivity index (χ2v) is 7.21. The molecule has 0 aromatic heterocycles. The maximum Gasteiger partial charge on any atom is 0.221 e. The van der Waals surface area contributed by atoms with E-state index in [9.17, 15) is 13.2 Å². The Bertz CT molecular complexity index is 561. The lowest BCUT2D eigenvalue weighted by molar-refractivity contribution is -0.114. The van der Waals surface area contributed by atoms with Crippen LogP contribution < -0.4 is 10.6 Å². The Balaban J connectivity index is 2.06. The molecule has 1 aliphatic heterocycles. The molecule has 1 aliphatic rings. The maximum atomic E-state index is 12.3. The van der Waals surface area contributed by atoms with Crippen LogP contribution in [-0.4, -0.2) is 33.2 Å². The van der Waals surface area contributed by atoms with E-state index >= 15 is 0 Å². The molecule has 1 fully saturated rings. The molecule has 0 radical (unpaired) electrons. The molecule has 2 N–H and O–H groups in total. The second-order valence-electron chi connectivity index (χ2n) is 5.18. The van der Waals surface area contributed by atoms with E-state index in [-0.39, 0.29) is 17.6 Å². The molecule has 5 nitrogen and oxygen atoms in total. The summed E-state index contributed by atoms with van der Waals surface area (Å²) in [6.45, 7) is 3.20. The van der Waals surface area contributed by atoms with Crippen molar-refractivity contribution in [1.29, 1.82) is 0 Å². The van der Waals surface area contributed by atoms with Crippen LogP contribution in [0.5, 0.6) is 0 Å². The quantitative estimate of drug-likeness (QED) is 0.881. The van der Waals surface area contributed by atoms with E-state index < -0.39 is 9.84 Å². The van der Waals surface area contributed by atoms with Gasteiger partial charge in [0, 0.05) is 12.6 Å². The predicted molar refractivity (Wildman–Crippen MR) is 78.4 cm³/mol. The van der Waals surface area contributed by atoms with Crippen molar-refractivity contribution >= 4 is 21.4 Å². The van der Waals surface area contributed by atoms with Crippen LogP contribution in [0.1, 0.15) is 19.8 Å². The highest BCUT2D eigenvalue weighted by Gasteiger charge is 2.22. The molecule has 0 saturated carbocycles. The van der Waals surface area contributed by atoms with Gasteiger partial charge in [-0.2, -0.15) is 0 Å². The van der Waals surface area contributed by atoms with Crippen LogP contribution in [0.2, 0.25) is 0 Å². The van der Waals surface area contributed by atoms with Crippen LogP contribution in [0, 0.1) is 5.92 Å². The molecule has 0 spiro atoms. The third kappa shape index (κ3) is 4.05. The van der Waals surface area contributed by atoms with Crippen molar-refractivity contribution in [2.75, 3.05) is 24.2 Å². The van der Waals surface area contributed by atoms with Crippen LogP contribution in [0.3, 0.4) is 0 Å². The summed E-state index contributed by atoms with van der Waals surface area (Å²) in [5, 5.41) is 5.85. The first kappa shape index (κ1) is 15.0. The molecule has 1 aromatic carbocycles. The number of piperidine rings is 1. The van der Waals surface area contributed by atoms with E-state index in [4.69, 9.17) is 0 Å². The van der Waals surface area contributed by atoms with Gasteiger partial charge in [-0.25, -0.2) is 8.42 Å². The van der Waals surface area contributed by atoms with Crippen molar-refractivity contribution in [2.45, 2.75) is 24.7 Å². The Hall–Kier alpha value is -1.40. The van der Waals surface area contributed by atoms with E-state index in [1.807, 2.05) is 0 Å². The average molecular weight is 296 g/mol.